The van der Waals surface area contributed by atoms with Crippen molar-refractivity contribution >= 4 is 33.3 Å². The minimum Gasteiger partial charge on any atom is -0.319 e. The van der Waals surface area contributed by atoms with Gasteiger partial charge in [-0.1, -0.05) is 0 Å². The Kier molecular flexibility index (Phi) is 4.26. The number of rotatable bonds is 3. The number of nitrogens with two attached hydrogens (primary N) is 1. The SMILES string of the molecule is NNc1cc(C(=O)Nc2cc(F)c(Br)cc2F)ccn1. The van der Waals surface area contributed by atoms with Gasteiger partial charge in [0.25, 0.3) is 5.91 Å². The van der Waals surface area contributed by atoms with E-state index < -0.39 is 17.5 Å². The first kappa shape index (κ1) is 14.4. The lowest BCUT2D eigenvalue weighted by Crippen LogP contribution is -2.15. The molecule has 1 aromatic carbocycles. The molecule has 0 bridgehead atoms. The molecule has 0 aliphatic heterocycles. The number of hydrogen-bond acceptors (Lipinski definition) is 4. The Bertz CT molecular complexity index is 666. The summed E-state index contributed by atoms with van der Waals surface area (Å²) in [5.74, 6) is 3.41. The smallest absolute Gasteiger partial charge is 0.255 e. The summed E-state index contributed by atoms with van der Waals surface area (Å²) in [6.45, 7) is 0. The van der Waals surface area contributed by atoms with Gasteiger partial charge in [0, 0.05) is 17.8 Å². The van der Waals surface area contributed by atoms with E-state index in [9.17, 15) is 13.6 Å². The number of nitrogens with zero attached hydrogens (tertiary/aromatic N) is 1. The summed E-state index contributed by atoms with van der Waals surface area (Å²) in [5, 5.41) is 2.27. The maximum Gasteiger partial charge on any atom is 0.255 e. The molecular formula is C12H9BrF2N4O. The zero-order chi connectivity index (χ0) is 14.7. The Morgan fingerprint density at radius 3 is 2.70 bits per heavy atom. The van der Waals surface area contributed by atoms with Gasteiger partial charge in [-0.3, -0.25) is 4.79 Å². The summed E-state index contributed by atoms with van der Waals surface area (Å²) in [4.78, 5) is 15.8. The van der Waals surface area contributed by atoms with E-state index in [1.54, 1.807) is 0 Å². The molecule has 1 aromatic heterocycles. The summed E-state index contributed by atoms with van der Waals surface area (Å²) >= 11 is 2.85. The zero-order valence-corrected chi connectivity index (χ0v) is 11.5. The number of hydrogen-bond donors (Lipinski definition) is 3. The Morgan fingerprint density at radius 2 is 2.00 bits per heavy atom. The van der Waals surface area contributed by atoms with Crippen LogP contribution in [0, 0.1) is 11.6 Å². The third kappa shape index (κ3) is 3.09. The summed E-state index contributed by atoms with van der Waals surface area (Å²) in [7, 11) is 0. The Hall–Kier alpha value is -2.06. The first-order chi connectivity index (χ1) is 9.51. The number of halogens is 3. The fourth-order valence-corrected chi connectivity index (χ4v) is 1.78. The predicted octanol–water partition coefficient (Wildman–Crippen LogP) is 2.66. The first-order valence-electron chi connectivity index (χ1n) is 5.40. The van der Waals surface area contributed by atoms with Crippen LogP contribution in [-0.2, 0) is 0 Å². The molecule has 2 aromatic rings. The second-order valence-electron chi connectivity index (χ2n) is 3.77. The van der Waals surface area contributed by atoms with Crippen molar-refractivity contribution in [2.45, 2.75) is 0 Å². The standard InChI is InChI=1S/C12H9BrF2N4O/c13-7-4-9(15)10(5-8(7)14)18-12(20)6-1-2-17-11(3-6)19-16/h1-5H,16H2,(H,17,19)(H,18,20). The van der Waals surface area contributed by atoms with Crippen molar-refractivity contribution in [3.63, 3.8) is 0 Å². The van der Waals surface area contributed by atoms with Crippen LogP contribution in [0.1, 0.15) is 10.4 Å². The number of aromatic nitrogens is 1. The molecule has 0 spiro atoms. The molecule has 8 heteroatoms. The molecule has 0 aliphatic rings. The number of carbonyl (C=O) groups is 1. The fraction of sp³-hybridized carbons (Fsp3) is 0. The van der Waals surface area contributed by atoms with Crippen LogP contribution in [0.3, 0.4) is 0 Å². The number of carbonyl (C=O) groups excluding carboxylic acids is 1. The number of benzene rings is 1. The molecule has 4 N–H and O–H groups in total. The fourth-order valence-electron chi connectivity index (χ4n) is 1.46. The van der Waals surface area contributed by atoms with Crippen molar-refractivity contribution in [3.8, 4) is 0 Å². The van der Waals surface area contributed by atoms with Crippen molar-refractivity contribution in [1.29, 1.82) is 0 Å². The molecule has 2 rings (SSSR count). The largest absolute Gasteiger partial charge is 0.319 e. The van der Waals surface area contributed by atoms with Crippen molar-refractivity contribution < 1.29 is 13.6 Å². The zero-order valence-electron chi connectivity index (χ0n) is 9.95. The molecule has 104 valence electrons. The van der Waals surface area contributed by atoms with Crippen LogP contribution < -0.4 is 16.6 Å². The van der Waals surface area contributed by atoms with Crippen molar-refractivity contribution in [3.05, 3.63) is 52.1 Å². The normalized spacial score (nSPS) is 10.2. The molecule has 0 fully saturated rings. The van der Waals surface area contributed by atoms with E-state index in [0.717, 1.165) is 12.1 Å². The number of amides is 1. The minimum atomic E-state index is -0.752. The predicted molar refractivity (Wildman–Crippen MR) is 74.1 cm³/mol. The molecule has 1 amide bonds. The molecule has 0 saturated carbocycles. The van der Waals surface area contributed by atoms with Crippen LogP contribution >= 0.6 is 15.9 Å². The number of pyridine rings is 1. The highest BCUT2D eigenvalue weighted by molar-refractivity contribution is 9.10. The third-order valence-corrected chi connectivity index (χ3v) is 3.04. The monoisotopic (exact) mass is 342 g/mol. The number of hydrazine groups is 1. The number of nitrogens with one attached hydrogen (secondary N) is 2. The van der Waals surface area contributed by atoms with Crippen LogP contribution in [0.5, 0.6) is 0 Å². The Labute approximate surface area is 121 Å². The molecule has 1 heterocycles. The quantitative estimate of drug-likeness (QED) is 0.455. The van der Waals surface area contributed by atoms with Gasteiger partial charge in [-0.15, -0.1) is 0 Å². The maximum atomic E-state index is 13.6. The molecule has 0 aliphatic carbocycles. The molecule has 20 heavy (non-hydrogen) atoms. The molecule has 0 saturated heterocycles. The van der Waals surface area contributed by atoms with E-state index in [1.165, 1.54) is 18.3 Å². The van der Waals surface area contributed by atoms with Crippen molar-refractivity contribution in [1.82, 2.24) is 4.98 Å². The highest BCUT2D eigenvalue weighted by Gasteiger charge is 2.13. The minimum absolute atomic E-state index is 0.0217. The van der Waals surface area contributed by atoms with Gasteiger partial charge < -0.3 is 10.7 Å². The van der Waals surface area contributed by atoms with Gasteiger partial charge in [0.15, 0.2) is 0 Å². The molecule has 0 unspecified atom stereocenters. The van der Waals surface area contributed by atoms with Gasteiger partial charge in [0.05, 0.1) is 10.2 Å². The van der Waals surface area contributed by atoms with Crippen LogP contribution in [0.25, 0.3) is 0 Å². The van der Waals surface area contributed by atoms with E-state index in [-0.39, 0.29) is 21.5 Å². The summed E-state index contributed by atoms with van der Waals surface area (Å²) < 4.78 is 26.9. The third-order valence-electron chi connectivity index (χ3n) is 2.43. The van der Waals surface area contributed by atoms with E-state index in [1.807, 2.05) is 0 Å². The van der Waals surface area contributed by atoms with E-state index in [2.05, 4.69) is 31.7 Å². The van der Waals surface area contributed by atoms with Crippen LogP contribution in [0.2, 0.25) is 0 Å². The van der Waals surface area contributed by atoms with E-state index in [0.29, 0.717) is 0 Å². The second kappa shape index (κ2) is 5.93. The van der Waals surface area contributed by atoms with Crippen LogP contribution in [0.4, 0.5) is 20.3 Å². The highest BCUT2D eigenvalue weighted by atomic mass is 79.9. The van der Waals surface area contributed by atoms with Gasteiger partial charge in [-0.25, -0.2) is 19.6 Å². The maximum absolute atomic E-state index is 13.6. The van der Waals surface area contributed by atoms with E-state index >= 15 is 0 Å². The topological polar surface area (TPSA) is 80.0 Å². The number of nitrogen functional groups attached to an aromatic ring is 1. The lowest BCUT2D eigenvalue weighted by molar-refractivity contribution is 0.102. The molecular weight excluding hydrogens is 334 g/mol. The average molecular weight is 343 g/mol. The van der Waals surface area contributed by atoms with Crippen molar-refractivity contribution in [2.24, 2.45) is 5.84 Å². The van der Waals surface area contributed by atoms with Gasteiger partial charge >= 0.3 is 0 Å². The average Bonchev–Trinajstić information content (AvgIpc) is 2.44. The van der Waals surface area contributed by atoms with Gasteiger partial charge in [0.2, 0.25) is 0 Å². The lowest BCUT2D eigenvalue weighted by Gasteiger charge is -2.08. The molecule has 0 atom stereocenters. The Morgan fingerprint density at radius 1 is 1.25 bits per heavy atom. The highest BCUT2D eigenvalue weighted by Crippen LogP contribution is 2.23. The first-order valence-corrected chi connectivity index (χ1v) is 6.19. The summed E-state index contributed by atoms with van der Waals surface area (Å²) in [6, 6.07) is 4.62. The molecule has 0 radical (unpaired) electrons. The lowest BCUT2D eigenvalue weighted by atomic mass is 10.2. The number of anilines is 2. The van der Waals surface area contributed by atoms with Gasteiger partial charge in [-0.2, -0.15) is 0 Å². The van der Waals surface area contributed by atoms with E-state index in [4.69, 9.17) is 5.84 Å². The summed E-state index contributed by atoms with van der Waals surface area (Å²) in [6.07, 6.45) is 1.36. The van der Waals surface area contributed by atoms with Gasteiger partial charge in [-0.05, 0) is 34.1 Å². The van der Waals surface area contributed by atoms with Gasteiger partial charge in [0.1, 0.15) is 17.5 Å². The second-order valence-corrected chi connectivity index (χ2v) is 4.63. The van der Waals surface area contributed by atoms with Crippen LogP contribution in [0.15, 0.2) is 34.9 Å². The molecule has 5 nitrogen and oxygen atoms in total. The summed E-state index contributed by atoms with van der Waals surface area (Å²) in [5.41, 5.74) is 2.23. The Balaban J connectivity index is 2.25. The van der Waals surface area contributed by atoms with Crippen LogP contribution in [-0.4, -0.2) is 10.9 Å². The van der Waals surface area contributed by atoms with Crippen molar-refractivity contribution in [2.75, 3.05) is 10.7 Å².